The third-order valence-electron chi connectivity index (χ3n) is 10.8. The first kappa shape index (κ1) is 47.0. The Balaban J connectivity index is 0.000000280. The molecule has 3 amide bonds. The molecule has 2 aliphatic heterocycles. The Hall–Kier alpha value is -4.64. The van der Waals surface area contributed by atoms with Crippen LogP contribution in [0.5, 0.6) is 0 Å². The molecule has 0 spiro atoms. The van der Waals surface area contributed by atoms with Crippen LogP contribution in [0.1, 0.15) is 94.5 Å². The smallest absolute Gasteiger partial charge is 0.323 e. The fraction of sp³-hybridized carbons (Fsp3) is 0.488. The van der Waals surface area contributed by atoms with E-state index in [1.54, 1.807) is 24.3 Å². The number of rotatable bonds is 12. The molecule has 0 bridgehead atoms. The molecular formula is C43H59N5O9S2. The number of aliphatic carboxylic acids is 1. The van der Waals surface area contributed by atoms with Crippen molar-refractivity contribution in [2.24, 2.45) is 0 Å². The number of amides is 3. The van der Waals surface area contributed by atoms with Crippen LogP contribution < -0.4 is 5.32 Å². The lowest BCUT2D eigenvalue weighted by Gasteiger charge is -2.39. The molecule has 16 heteroatoms. The van der Waals surface area contributed by atoms with E-state index >= 15 is 0 Å². The second-order valence-corrected chi connectivity index (χ2v) is 19.5. The van der Waals surface area contributed by atoms with Gasteiger partial charge in [0.15, 0.2) is 0 Å². The van der Waals surface area contributed by atoms with Crippen molar-refractivity contribution in [3.8, 4) is 0 Å². The highest BCUT2D eigenvalue weighted by molar-refractivity contribution is 7.89. The van der Waals surface area contributed by atoms with E-state index in [0.717, 1.165) is 39.4 Å². The zero-order chi connectivity index (χ0) is 43.8. The van der Waals surface area contributed by atoms with Crippen molar-refractivity contribution in [3.05, 3.63) is 94.5 Å². The van der Waals surface area contributed by atoms with Gasteiger partial charge in [-0.2, -0.15) is 8.61 Å². The summed E-state index contributed by atoms with van der Waals surface area (Å²) in [5, 5.41) is 12.3. The summed E-state index contributed by atoms with van der Waals surface area (Å²) in [6, 6.07) is 17.2. The van der Waals surface area contributed by atoms with Crippen molar-refractivity contribution in [2.75, 3.05) is 39.3 Å². The quantitative estimate of drug-likeness (QED) is 0.261. The van der Waals surface area contributed by atoms with Gasteiger partial charge in [-0.15, -0.1) is 0 Å². The third-order valence-corrected chi connectivity index (χ3v) is 14.7. The number of carboxylic acids is 1. The minimum absolute atomic E-state index is 0.0267. The van der Waals surface area contributed by atoms with E-state index in [1.807, 2.05) is 52.8 Å². The van der Waals surface area contributed by atoms with Crippen molar-refractivity contribution < 1.29 is 41.1 Å². The monoisotopic (exact) mass is 853 g/mol. The Bertz CT molecular complexity index is 2190. The molecule has 2 atom stereocenters. The number of nitrogens with one attached hydrogen (secondary N) is 1. The Morgan fingerprint density at radius 1 is 0.695 bits per heavy atom. The number of carbonyl (C=O) groups excluding carboxylic acids is 3. The molecule has 0 aliphatic carbocycles. The van der Waals surface area contributed by atoms with E-state index in [-0.39, 0.29) is 72.7 Å². The molecule has 59 heavy (non-hydrogen) atoms. The van der Waals surface area contributed by atoms with E-state index in [0.29, 0.717) is 6.54 Å². The van der Waals surface area contributed by atoms with E-state index in [9.17, 15) is 41.1 Å². The maximum Gasteiger partial charge on any atom is 0.323 e. The van der Waals surface area contributed by atoms with Gasteiger partial charge >= 0.3 is 5.97 Å². The van der Waals surface area contributed by atoms with Crippen LogP contribution >= 0.6 is 0 Å². The molecule has 2 heterocycles. The summed E-state index contributed by atoms with van der Waals surface area (Å²) < 4.78 is 54.9. The second kappa shape index (κ2) is 20.1. The highest BCUT2D eigenvalue weighted by atomic mass is 32.2. The van der Waals surface area contributed by atoms with Crippen LogP contribution in [0.25, 0.3) is 0 Å². The first-order chi connectivity index (χ1) is 27.7. The van der Waals surface area contributed by atoms with Crippen molar-refractivity contribution in [1.29, 1.82) is 0 Å². The number of hydrogen-bond donors (Lipinski definition) is 2. The molecule has 2 N–H and O–H groups in total. The summed E-state index contributed by atoms with van der Waals surface area (Å²) >= 11 is 0. The Labute approximate surface area is 349 Å². The average molecular weight is 854 g/mol. The van der Waals surface area contributed by atoms with Crippen LogP contribution in [0.2, 0.25) is 0 Å². The van der Waals surface area contributed by atoms with Crippen LogP contribution in [-0.4, -0.2) is 115 Å². The molecule has 0 aromatic heterocycles. The highest BCUT2D eigenvalue weighted by Gasteiger charge is 2.42. The minimum atomic E-state index is -3.93. The van der Waals surface area contributed by atoms with E-state index in [1.165, 1.54) is 45.6 Å². The van der Waals surface area contributed by atoms with Gasteiger partial charge in [-0.05, 0) is 77.3 Å². The lowest BCUT2D eigenvalue weighted by atomic mass is 10.0. The molecule has 2 aliphatic rings. The molecule has 0 unspecified atom stereocenters. The first-order valence-corrected chi connectivity index (χ1v) is 22.9. The van der Waals surface area contributed by atoms with Crippen LogP contribution in [0.15, 0.2) is 76.5 Å². The van der Waals surface area contributed by atoms with Crippen molar-refractivity contribution >= 4 is 43.7 Å². The van der Waals surface area contributed by atoms with Gasteiger partial charge in [0.1, 0.15) is 12.1 Å². The lowest BCUT2D eigenvalue weighted by Crippen LogP contribution is -2.61. The van der Waals surface area contributed by atoms with Gasteiger partial charge in [-0.25, -0.2) is 16.8 Å². The van der Waals surface area contributed by atoms with E-state index in [2.05, 4.69) is 24.4 Å². The second-order valence-electron chi connectivity index (χ2n) is 15.7. The van der Waals surface area contributed by atoms with Crippen LogP contribution in [0, 0.1) is 6.92 Å². The number of piperazine rings is 2. The average Bonchev–Trinajstić information content (AvgIpc) is 3.20. The fourth-order valence-corrected chi connectivity index (χ4v) is 10.3. The third kappa shape index (κ3) is 11.6. The standard InChI is InChI=1S/C27H37N3O4S.C16H22N2O5S/c1-6-7-22-8-9-24(20(4)16-22)17-28-27(32)26-18-29(21(5)31)14-15-30(26)35(33,34)25-12-10-23(11-13-25)19(2)3;1-11(2)13-4-6-14(7-5-13)24(22,23)18-9-8-17(12(3)19)10-15(18)16(20)21/h8-13,16,19,26H,6-7,14-15,17-18H2,1-5H3,(H,28,32);4-7,11,15H,8-10H2,1-3H3,(H,20,21)/t26-;15-/m11/s1. The summed E-state index contributed by atoms with van der Waals surface area (Å²) in [5.74, 6) is -1.56. The summed E-state index contributed by atoms with van der Waals surface area (Å²) in [4.78, 5) is 51.4. The maximum atomic E-state index is 13.5. The molecule has 14 nitrogen and oxygen atoms in total. The zero-order valence-electron chi connectivity index (χ0n) is 35.3. The largest absolute Gasteiger partial charge is 0.480 e. The molecule has 2 saturated heterocycles. The molecular weight excluding hydrogens is 795 g/mol. The highest BCUT2D eigenvalue weighted by Crippen LogP contribution is 2.26. The summed E-state index contributed by atoms with van der Waals surface area (Å²) in [7, 11) is -7.85. The number of nitrogens with zero attached hydrogens (tertiary/aromatic N) is 4. The number of aryl methyl sites for hydroxylation is 2. The first-order valence-electron chi connectivity index (χ1n) is 20.0. The maximum absolute atomic E-state index is 13.5. The molecule has 5 rings (SSSR count). The summed E-state index contributed by atoms with van der Waals surface area (Å²) in [6.07, 6.45) is 2.07. The fourth-order valence-electron chi connectivity index (χ4n) is 7.12. The molecule has 0 radical (unpaired) electrons. The summed E-state index contributed by atoms with van der Waals surface area (Å²) in [5.41, 5.74) is 5.37. The predicted molar refractivity (Wildman–Crippen MR) is 226 cm³/mol. The zero-order valence-corrected chi connectivity index (χ0v) is 37.0. The van der Waals surface area contributed by atoms with Gasteiger partial charge in [0.05, 0.1) is 9.79 Å². The molecule has 3 aromatic carbocycles. The van der Waals surface area contributed by atoms with Crippen LogP contribution in [-0.2, 0) is 52.2 Å². The molecule has 2 fully saturated rings. The number of hydrogen-bond acceptors (Lipinski definition) is 8. The van der Waals surface area contributed by atoms with Crippen molar-refractivity contribution in [3.63, 3.8) is 0 Å². The molecule has 322 valence electrons. The topological polar surface area (TPSA) is 182 Å². The minimum Gasteiger partial charge on any atom is -0.480 e. The lowest BCUT2D eigenvalue weighted by molar-refractivity contribution is -0.145. The van der Waals surface area contributed by atoms with Gasteiger partial charge in [-0.3, -0.25) is 19.2 Å². The molecule has 3 aromatic rings. The Kier molecular flexibility index (Phi) is 16.0. The van der Waals surface area contributed by atoms with E-state index in [4.69, 9.17) is 0 Å². The van der Waals surface area contributed by atoms with Gasteiger partial charge in [0.25, 0.3) is 0 Å². The number of carboxylic acid groups (broad SMARTS) is 1. The van der Waals surface area contributed by atoms with Crippen molar-refractivity contribution in [1.82, 2.24) is 23.7 Å². The summed E-state index contributed by atoms with van der Waals surface area (Å²) in [6.45, 7) is 15.7. The van der Waals surface area contributed by atoms with Gasteiger partial charge < -0.3 is 20.2 Å². The van der Waals surface area contributed by atoms with Gasteiger partial charge in [0.2, 0.25) is 37.8 Å². The SMILES string of the molecule is CC(=O)N1CCN(S(=O)(=O)c2ccc(C(C)C)cc2)[C@@H](C(=O)O)C1.CCCc1ccc(CNC(=O)[C@H]2CN(C(C)=O)CCN2S(=O)(=O)c2ccc(C(C)C)cc2)c(C)c1. The van der Waals surface area contributed by atoms with Gasteiger partial charge in [0, 0.05) is 59.7 Å². The predicted octanol–water partition coefficient (Wildman–Crippen LogP) is 4.72. The Morgan fingerprint density at radius 3 is 1.53 bits per heavy atom. The van der Waals surface area contributed by atoms with Crippen molar-refractivity contribution in [2.45, 2.75) is 108 Å². The Morgan fingerprint density at radius 2 is 1.14 bits per heavy atom. The normalized spacial score (nSPS) is 18.0. The van der Waals surface area contributed by atoms with Crippen LogP contribution in [0.4, 0.5) is 0 Å². The number of sulfonamides is 2. The number of carbonyl (C=O) groups is 4. The van der Waals surface area contributed by atoms with E-state index < -0.39 is 44.0 Å². The number of benzene rings is 3. The van der Waals surface area contributed by atoms with Crippen LogP contribution in [0.3, 0.4) is 0 Å². The molecule has 0 saturated carbocycles. The van der Waals surface area contributed by atoms with Gasteiger partial charge in [-0.1, -0.05) is 83.5 Å².